The fraction of sp³-hybridized carbons (Fsp3) is 0.692. The summed E-state index contributed by atoms with van der Waals surface area (Å²) in [5.41, 5.74) is 6.18. The third-order valence-corrected chi connectivity index (χ3v) is 4.70. The van der Waals surface area contributed by atoms with Crippen LogP contribution >= 0.6 is 11.3 Å². The maximum atomic E-state index is 12.0. The lowest BCUT2D eigenvalue weighted by Gasteiger charge is -2.30. The Morgan fingerprint density at radius 2 is 2.00 bits per heavy atom. The van der Waals surface area contributed by atoms with E-state index in [2.05, 4.69) is 31.1 Å². The molecule has 5 heteroatoms. The van der Waals surface area contributed by atoms with Crippen molar-refractivity contribution in [1.82, 2.24) is 10.3 Å². The number of hydrogen-bond acceptors (Lipinski definition) is 4. The van der Waals surface area contributed by atoms with E-state index in [1.807, 2.05) is 0 Å². The van der Waals surface area contributed by atoms with E-state index >= 15 is 0 Å². The van der Waals surface area contributed by atoms with Gasteiger partial charge in [0.2, 0.25) is 0 Å². The van der Waals surface area contributed by atoms with Crippen LogP contribution in [0.4, 0.5) is 0 Å². The van der Waals surface area contributed by atoms with Crippen LogP contribution in [-0.4, -0.2) is 17.4 Å². The monoisotopic (exact) mass is 269 g/mol. The lowest BCUT2D eigenvalue weighted by atomic mass is 9.80. The summed E-state index contributed by atoms with van der Waals surface area (Å²) in [6.07, 6.45) is 3.22. The van der Waals surface area contributed by atoms with Crippen molar-refractivity contribution in [2.45, 2.75) is 46.6 Å². The van der Waals surface area contributed by atoms with Gasteiger partial charge in [-0.25, -0.2) is 4.98 Å². The molecule has 1 aromatic rings. The summed E-state index contributed by atoms with van der Waals surface area (Å²) < 4.78 is 0. The van der Waals surface area contributed by atoms with Gasteiger partial charge in [-0.3, -0.25) is 4.79 Å². The highest BCUT2D eigenvalue weighted by Crippen LogP contribution is 2.29. The van der Waals surface area contributed by atoms with Gasteiger partial charge in [0.1, 0.15) is 10.7 Å². The topological polar surface area (TPSA) is 68.0 Å². The molecule has 1 aromatic heterocycles. The van der Waals surface area contributed by atoms with Crippen molar-refractivity contribution in [3.05, 3.63) is 16.1 Å². The first-order valence-corrected chi connectivity index (χ1v) is 7.41. The number of nitrogens with two attached hydrogens (primary N) is 1. The van der Waals surface area contributed by atoms with E-state index in [4.69, 9.17) is 5.73 Å². The van der Waals surface area contributed by atoms with Crippen LogP contribution in [0.3, 0.4) is 0 Å². The Bertz CT molecular complexity index is 377. The fourth-order valence-corrected chi connectivity index (χ4v) is 2.65. The Morgan fingerprint density at radius 3 is 2.44 bits per heavy atom. The molecule has 0 atom stereocenters. The first-order chi connectivity index (χ1) is 8.60. The van der Waals surface area contributed by atoms with Crippen molar-refractivity contribution in [3.63, 3.8) is 0 Å². The lowest BCUT2D eigenvalue weighted by Crippen LogP contribution is -2.36. The summed E-state index contributed by atoms with van der Waals surface area (Å²) >= 11 is 1.43. The van der Waals surface area contributed by atoms with E-state index in [0.29, 0.717) is 18.8 Å². The Morgan fingerprint density at radius 1 is 1.39 bits per heavy atom. The molecule has 0 unspecified atom stereocenters. The van der Waals surface area contributed by atoms with Gasteiger partial charge in [-0.2, -0.15) is 0 Å². The molecule has 0 radical (unpaired) electrons. The molecular weight excluding hydrogens is 246 g/mol. The van der Waals surface area contributed by atoms with Gasteiger partial charge < -0.3 is 11.1 Å². The highest BCUT2D eigenvalue weighted by molar-refractivity contribution is 7.09. The van der Waals surface area contributed by atoms with Gasteiger partial charge in [-0.05, 0) is 24.7 Å². The lowest BCUT2D eigenvalue weighted by molar-refractivity contribution is 0.0919. The molecule has 18 heavy (non-hydrogen) atoms. The third-order valence-electron chi connectivity index (χ3n) is 3.83. The first kappa shape index (κ1) is 15.1. The van der Waals surface area contributed by atoms with Crippen LogP contribution in [0.15, 0.2) is 5.38 Å². The highest BCUT2D eigenvalue weighted by atomic mass is 32.1. The molecule has 0 bridgehead atoms. The van der Waals surface area contributed by atoms with Crippen LogP contribution in [0.5, 0.6) is 0 Å². The van der Waals surface area contributed by atoms with Gasteiger partial charge in [0, 0.05) is 18.5 Å². The molecule has 4 nitrogen and oxygen atoms in total. The summed E-state index contributed by atoms with van der Waals surface area (Å²) in [4.78, 5) is 16.1. The van der Waals surface area contributed by atoms with E-state index in [1.165, 1.54) is 11.3 Å². The van der Waals surface area contributed by atoms with Gasteiger partial charge in [-0.1, -0.05) is 20.8 Å². The molecule has 1 amide bonds. The van der Waals surface area contributed by atoms with Gasteiger partial charge in [0.25, 0.3) is 5.91 Å². The van der Waals surface area contributed by atoms with E-state index < -0.39 is 0 Å². The molecule has 0 aliphatic heterocycles. The second kappa shape index (κ2) is 6.85. The second-order valence-electron chi connectivity index (χ2n) is 4.57. The average Bonchev–Trinajstić information content (AvgIpc) is 2.89. The summed E-state index contributed by atoms with van der Waals surface area (Å²) in [7, 11) is 0. The van der Waals surface area contributed by atoms with Gasteiger partial charge in [0.15, 0.2) is 0 Å². The maximum Gasteiger partial charge on any atom is 0.270 e. The number of carbonyl (C=O) groups excluding carboxylic acids is 1. The van der Waals surface area contributed by atoms with E-state index in [1.54, 1.807) is 5.38 Å². The van der Waals surface area contributed by atoms with Crippen LogP contribution < -0.4 is 11.1 Å². The van der Waals surface area contributed by atoms with Crippen molar-refractivity contribution in [3.8, 4) is 0 Å². The van der Waals surface area contributed by atoms with Crippen molar-refractivity contribution >= 4 is 17.2 Å². The predicted octanol–water partition coefficient (Wildman–Crippen LogP) is 2.55. The number of thiazole rings is 1. The molecule has 102 valence electrons. The van der Waals surface area contributed by atoms with Crippen LogP contribution in [0.2, 0.25) is 0 Å². The number of nitrogens with one attached hydrogen (secondary N) is 1. The Balaban J connectivity index is 2.59. The van der Waals surface area contributed by atoms with E-state index in [-0.39, 0.29) is 11.3 Å². The minimum Gasteiger partial charge on any atom is -0.350 e. The van der Waals surface area contributed by atoms with Crippen LogP contribution in [0.1, 0.15) is 55.5 Å². The number of carbonyl (C=O) groups is 1. The zero-order valence-corrected chi connectivity index (χ0v) is 12.3. The molecule has 0 spiro atoms. The second-order valence-corrected chi connectivity index (χ2v) is 5.52. The fourth-order valence-electron chi connectivity index (χ4n) is 1.99. The van der Waals surface area contributed by atoms with Crippen molar-refractivity contribution in [2.75, 3.05) is 6.54 Å². The van der Waals surface area contributed by atoms with E-state index in [0.717, 1.165) is 24.3 Å². The molecule has 0 aromatic carbocycles. The van der Waals surface area contributed by atoms with Crippen LogP contribution in [0.25, 0.3) is 0 Å². The largest absolute Gasteiger partial charge is 0.350 e. The predicted molar refractivity (Wildman–Crippen MR) is 75.6 cm³/mol. The van der Waals surface area contributed by atoms with Crippen molar-refractivity contribution in [1.29, 1.82) is 0 Å². The van der Waals surface area contributed by atoms with Crippen LogP contribution in [0, 0.1) is 5.41 Å². The normalized spacial score (nSPS) is 11.6. The Labute approximate surface area is 113 Å². The first-order valence-electron chi connectivity index (χ1n) is 6.53. The van der Waals surface area contributed by atoms with Gasteiger partial charge in [-0.15, -0.1) is 11.3 Å². The van der Waals surface area contributed by atoms with Crippen LogP contribution in [-0.2, 0) is 6.54 Å². The molecule has 0 saturated carbocycles. The number of rotatable bonds is 7. The standard InChI is InChI=1S/C13H23N3OS/c1-4-13(5-2,6-3)9-15-12(17)10-8-18-11(7-14)16-10/h8H,4-7,9,14H2,1-3H3,(H,15,17). The molecule has 1 heterocycles. The Hall–Kier alpha value is -0.940. The SMILES string of the molecule is CCC(CC)(CC)CNC(=O)c1csc(CN)n1. The number of amides is 1. The van der Waals surface area contributed by atoms with Gasteiger partial charge in [0.05, 0.1) is 0 Å². The average molecular weight is 269 g/mol. The highest BCUT2D eigenvalue weighted by Gasteiger charge is 2.24. The number of aromatic nitrogens is 1. The summed E-state index contributed by atoms with van der Waals surface area (Å²) in [5, 5.41) is 5.56. The smallest absolute Gasteiger partial charge is 0.270 e. The zero-order valence-electron chi connectivity index (χ0n) is 11.5. The third kappa shape index (κ3) is 3.53. The summed E-state index contributed by atoms with van der Waals surface area (Å²) in [5.74, 6) is -0.0920. The minimum absolute atomic E-state index is 0.0920. The summed E-state index contributed by atoms with van der Waals surface area (Å²) in [6, 6.07) is 0. The molecule has 0 aliphatic carbocycles. The molecule has 1 rings (SSSR count). The van der Waals surface area contributed by atoms with Crippen molar-refractivity contribution < 1.29 is 4.79 Å². The zero-order chi connectivity index (χ0) is 13.6. The number of hydrogen-bond donors (Lipinski definition) is 2. The van der Waals surface area contributed by atoms with E-state index in [9.17, 15) is 4.79 Å². The quantitative estimate of drug-likeness (QED) is 0.799. The molecular formula is C13H23N3OS. The van der Waals surface area contributed by atoms with Crippen molar-refractivity contribution in [2.24, 2.45) is 11.1 Å². The van der Waals surface area contributed by atoms with Gasteiger partial charge >= 0.3 is 0 Å². The molecule has 3 N–H and O–H groups in total. The Kier molecular flexibility index (Phi) is 5.75. The molecule has 0 fully saturated rings. The minimum atomic E-state index is -0.0920. The maximum absolute atomic E-state index is 12.0. The molecule has 0 saturated heterocycles. The molecule has 0 aliphatic rings. The number of nitrogens with zero attached hydrogens (tertiary/aromatic N) is 1. The summed E-state index contributed by atoms with van der Waals surface area (Å²) in [6.45, 7) is 7.63.